The summed E-state index contributed by atoms with van der Waals surface area (Å²) in [6.45, 7) is 4.24. The lowest BCUT2D eigenvalue weighted by Crippen LogP contribution is -2.13. The molecule has 28 heavy (non-hydrogen) atoms. The fourth-order valence-electron chi connectivity index (χ4n) is 2.66. The highest BCUT2D eigenvalue weighted by atomic mass is 32.2. The Bertz CT molecular complexity index is 1030. The van der Waals surface area contributed by atoms with Gasteiger partial charge in [-0.25, -0.2) is 0 Å². The molecule has 0 spiro atoms. The second-order valence-corrected chi connectivity index (χ2v) is 6.76. The van der Waals surface area contributed by atoms with Crippen LogP contribution in [-0.2, 0) is 12.3 Å². The minimum atomic E-state index is -0.477. The summed E-state index contributed by atoms with van der Waals surface area (Å²) in [7, 11) is 0. The summed E-state index contributed by atoms with van der Waals surface area (Å²) in [4.78, 5) is 22.0. The van der Waals surface area contributed by atoms with Crippen molar-refractivity contribution in [3.8, 4) is 11.4 Å². The number of rotatable bonds is 8. The molecule has 0 bridgehead atoms. The van der Waals surface area contributed by atoms with Crippen LogP contribution >= 0.6 is 11.8 Å². The standard InChI is InChI=1S/C19H17N5O3S/c1-2-11-23-18(13-7-9-15(10-8-13)24(26)27)21-22-19(23)28-12-14-5-3-4-6-16(14)17(20)25/h2-10H,1,11-12H2,(H2,20,25). The van der Waals surface area contributed by atoms with Crippen molar-refractivity contribution in [3.05, 3.63) is 82.4 Å². The maximum atomic E-state index is 11.6. The SMILES string of the molecule is C=CCn1c(SCc2ccccc2C(N)=O)nnc1-c1ccc([N+](=O)[O-])cc1. The van der Waals surface area contributed by atoms with E-state index >= 15 is 0 Å². The van der Waals surface area contributed by atoms with Gasteiger partial charge in [0.05, 0.1) is 4.92 Å². The van der Waals surface area contributed by atoms with E-state index in [1.807, 2.05) is 16.7 Å². The molecule has 0 saturated carbocycles. The number of hydrogen-bond acceptors (Lipinski definition) is 6. The Morgan fingerprint density at radius 3 is 2.57 bits per heavy atom. The Labute approximate surface area is 165 Å². The lowest BCUT2D eigenvalue weighted by atomic mass is 10.1. The maximum Gasteiger partial charge on any atom is 0.269 e. The molecule has 2 N–H and O–H groups in total. The van der Waals surface area contributed by atoms with Gasteiger partial charge in [0.25, 0.3) is 5.69 Å². The first kappa shape index (κ1) is 19.3. The van der Waals surface area contributed by atoms with E-state index in [9.17, 15) is 14.9 Å². The number of nitro groups is 1. The number of nitro benzene ring substituents is 1. The molecule has 1 amide bonds. The van der Waals surface area contributed by atoms with E-state index < -0.39 is 10.8 Å². The van der Waals surface area contributed by atoms with Crippen molar-refractivity contribution in [3.63, 3.8) is 0 Å². The van der Waals surface area contributed by atoms with E-state index in [1.165, 1.54) is 23.9 Å². The third kappa shape index (κ3) is 4.09. The Hall–Kier alpha value is -3.46. The van der Waals surface area contributed by atoms with E-state index in [0.29, 0.717) is 34.4 Å². The Kier molecular flexibility index (Phi) is 5.85. The molecule has 9 heteroatoms. The van der Waals surface area contributed by atoms with Crippen molar-refractivity contribution in [2.45, 2.75) is 17.5 Å². The largest absolute Gasteiger partial charge is 0.366 e. The van der Waals surface area contributed by atoms with Gasteiger partial charge < -0.3 is 5.73 Å². The number of aromatic nitrogens is 3. The van der Waals surface area contributed by atoms with E-state index in [4.69, 9.17) is 5.73 Å². The molecule has 1 aromatic heterocycles. The van der Waals surface area contributed by atoms with Gasteiger partial charge >= 0.3 is 0 Å². The molecular weight excluding hydrogens is 378 g/mol. The van der Waals surface area contributed by atoms with Crippen molar-refractivity contribution < 1.29 is 9.72 Å². The van der Waals surface area contributed by atoms with Crippen molar-refractivity contribution in [1.29, 1.82) is 0 Å². The lowest BCUT2D eigenvalue weighted by Gasteiger charge is -2.09. The molecule has 3 rings (SSSR count). The molecule has 0 atom stereocenters. The van der Waals surface area contributed by atoms with Gasteiger partial charge in [-0.05, 0) is 23.8 Å². The zero-order valence-electron chi connectivity index (χ0n) is 14.8. The maximum absolute atomic E-state index is 11.6. The summed E-state index contributed by atoms with van der Waals surface area (Å²) >= 11 is 1.42. The number of benzene rings is 2. The monoisotopic (exact) mass is 395 g/mol. The average molecular weight is 395 g/mol. The van der Waals surface area contributed by atoms with Crippen LogP contribution in [0.3, 0.4) is 0 Å². The van der Waals surface area contributed by atoms with E-state index in [0.717, 1.165) is 5.56 Å². The smallest absolute Gasteiger partial charge is 0.269 e. The van der Waals surface area contributed by atoms with E-state index in [2.05, 4.69) is 16.8 Å². The summed E-state index contributed by atoms with van der Waals surface area (Å²) in [5, 5.41) is 20.0. The van der Waals surface area contributed by atoms with Crippen LogP contribution in [0.2, 0.25) is 0 Å². The van der Waals surface area contributed by atoms with Crippen molar-refractivity contribution in [2.75, 3.05) is 0 Å². The van der Waals surface area contributed by atoms with Gasteiger partial charge in [-0.15, -0.1) is 16.8 Å². The molecule has 0 aliphatic carbocycles. The van der Waals surface area contributed by atoms with Crippen LogP contribution < -0.4 is 5.73 Å². The molecular formula is C19H17N5O3S. The molecule has 0 saturated heterocycles. The molecule has 0 aliphatic rings. The van der Waals surface area contributed by atoms with Gasteiger partial charge in [-0.1, -0.05) is 36.0 Å². The van der Waals surface area contributed by atoms with Crippen LogP contribution in [0.5, 0.6) is 0 Å². The number of carbonyl (C=O) groups excluding carboxylic acids is 1. The second-order valence-electron chi connectivity index (χ2n) is 5.82. The minimum absolute atomic E-state index is 0.0104. The molecule has 3 aromatic rings. The molecule has 0 radical (unpaired) electrons. The highest BCUT2D eigenvalue weighted by molar-refractivity contribution is 7.98. The zero-order valence-corrected chi connectivity index (χ0v) is 15.6. The van der Waals surface area contributed by atoms with Gasteiger partial charge in [-0.3, -0.25) is 19.5 Å². The molecule has 8 nitrogen and oxygen atoms in total. The minimum Gasteiger partial charge on any atom is -0.366 e. The highest BCUT2D eigenvalue weighted by Gasteiger charge is 2.16. The Morgan fingerprint density at radius 2 is 1.93 bits per heavy atom. The molecule has 142 valence electrons. The van der Waals surface area contributed by atoms with Crippen molar-refractivity contribution in [1.82, 2.24) is 14.8 Å². The van der Waals surface area contributed by atoms with Crippen LogP contribution in [-0.4, -0.2) is 25.6 Å². The topological polar surface area (TPSA) is 117 Å². The average Bonchev–Trinajstić information content (AvgIpc) is 3.09. The first-order valence-corrected chi connectivity index (χ1v) is 9.29. The fraction of sp³-hybridized carbons (Fsp3) is 0.105. The lowest BCUT2D eigenvalue weighted by molar-refractivity contribution is -0.384. The number of carbonyl (C=O) groups is 1. The second kappa shape index (κ2) is 8.49. The van der Waals surface area contributed by atoms with E-state index in [1.54, 1.807) is 30.3 Å². The van der Waals surface area contributed by atoms with Crippen molar-refractivity contribution >= 4 is 23.4 Å². The quantitative estimate of drug-likeness (QED) is 0.270. The van der Waals surface area contributed by atoms with Gasteiger partial charge in [0.2, 0.25) is 5.91 Å². The van der Waals surface area contributed by atoms with Gasteiger partial charge in [0.15, 0.2) is 11.0 Å². The summed E-state index contributed by atoms with van der Waals surface area (Å²) < 4.78 is 1.87. The summed E-state index contributed by atoms with van der Waals surface area (Å²) in [5.41, 5.74) is 7.44. The van der Waals surface area contributed by atoms with Crippen LogP contribution in [0.25, 0.3) is 11.4 Å². The number of non-ortho nitro benzene ring substituents is 1. The summed E-state index contributed by atoms with van der Waals surface area (Å²) in [5.74, 6) is 0.602. The Balaban J connectivity index is 1.88. The number of nitrogens with zero attached hydrogens (tertiary/aromatic N) is 4. The van der Waals surface area contributed by atoms with E-state index in [-0.39, 0.29) is 5.69 Å². The van der Waals surface area contributed by atoms with Gasteiger partial charge in [-0.2, -0.15) is 0 Å². The normalized spacial score (nSPS) is 10.6. The van der Waals surface area contributed by atoms with Gasteiger partial charge in [0.1, 0.15) is 0 Å². The van der Waals surface area contributed by atoms with Crippen LogP contribution in [0.1, 0.15) is 15.9 Å². The fourth-order valence-corrected chi connectivity index (χ4v) is 3.62. The number of primary amides is 1. The molecule has 0 unspecified atom stereocenters. The van der Waals surface area contributed by atoms with Crippen LogP contribution in [0, 0.1) is 10.1 Å². The zero-order chi connectivity index (χ0) is 20.1. The predicted octanol–water partition coefficient (Wildman–Crippen LogP) is 3.43. The predicted molar refractivity (Wildman–Crippen MR) is 107 cm³/mol. The van der Waals surface area contributed by atoms with Gasteiger partial charge in [0, 0.05) is 35.6 Å². The highest BCUT2D eigenvalue weighted by Crippen LogP contribution is 2.28. The Morgan fingerprint density at radius 1 is 1.21 bits per heavy atom. The first-order chi connectivity index (χ1) is 13.5. The van der Waals surface area contributed by atoms with Crippen LogP contribution in [0.4, 0.5) is 5.69 Å². The number of allylic oxidation sites excluding steroid dienone is 1. The van der Waals surface area contributed by atoms with Crippen LogP contribution in [0.15, 0.2) is 66.3 Å². The molecule has 2 aromatic carbocycles. The number of nitrogens with two attached hydrogens (primary N) is 1. The molecule has 1 heterocycles. The number of amides is 1. The molecule has 0 aliphatic heterocycles. The van der Waals surface area contributed by atoms with Crippen molar-refractivity contribution in [2.24, 2.45) is 5.73 Å². The molecule has 0 fully saturated rings. The summed E-state index contributed by atoms with van der Waals surface area (Å²) in [6.07, 6.45) is 1.72. The third-order valence-electron chi connectivity index (χ3n) is 4.00. The summed E-state index contributed by atoms with van der Waals surface area (Å²) in [6, 6.07) is 13.3. The third-order valence-corrected chi connectivity index (χ3v) is 5.02. The number of hydrogen-bond donors (Lipinski definition) is 1. The first-order valence-electron chi connectivity index (χ1n) is 8.30. The number of thioether (sulfide) groups is 1.